The summed E-state index contributed by atoms with van der Waals surface area (Å²) in [4.78, 5) is 8.50. The van der Waals surface area contributed by atoms with E-state index in [2.05, 4.69) is 31.3 Å². The number of ether oxygens (including phenoxy) is 1. The van der Waals surface area contributed by atoms with Crippen molar-refractivity contribution in [1.82, 2.24) is 34.7 Å². The summed E-state index contributed by atoms with van der Waals surface area (Å²) in [5, 5.41) is 12.6. The molecule has 0 atom stereocenters. The van der Waals surface area contributed by atoms with Gasteiger partial charge in [0.25, 0.3) is 0 Å². The number of benzene rings is 1. The third-order valence-electron chi connectivity index (χ3n) is 4.93. The van der Waals surface area contributed by atoms with Gasteiger partial charge in [0.15, 0.2) is 17.5 Å². The second kappa shape index (κ2) is 8.95. The molecule has 0 fully saturated rings. The molecule has 9 nitrogen and oxygen atoms in total. The lowest BCUT2D eigenvalue weighted by molar-refractivity contribution is 0.183. The Morgan fingerprint density at radius 1 is 1.22 bits per heavy atom. The molecule has 0 saturated carbocycles. The molecule has 32 heavy (non-hydrogen) atoms. The zero-order valence-electron chi connectivity index (χ0n) is 17.7. The van der Waals surface area contributed by atoms with Crippen LogP contribution >= 0.6 is 0 Å². The molecule has 0 aliphatic heterocycles. The highest BCUT2D eigenvalue weighted by atomic mass is 19.1. The average Bonchev–Trinajstić information content (AvgIpc) is 3.44. The Morgan fingerprint density at radius 2 is 2.06 bits per heavy atom. The average molecular weight is 432 g/mol. The van der Waals surface area contributed by atoms with E-state index in [-0.39, 0.29) is 23.0 Å². The van der Waals surface area contributed by atoms with Gasteiger partial charge in [0, 0.05) is 24.4 Å². The number of nitrogen functional groups attached to an aromatic ring is 1. The molecule has 2 N–H and O–H groups in total. The van der Waals surface area contributed by atoms with Gasteiger partial charge in [-0.1, -0.05) is 23.3 Å². The summed E-state index contributed by atoms with van der Waals surface area (Å²) in [6.07, 6.45) is 9.00. The van der Waals surface area contributed by atoms with Crippen molar-refractivity contribution in [3.8, 4) is 35.1 Å². The minimum Gasteiger partial charge on any atom is -0.383 e. The Bertz CT molecular complexity index is 1300. The van der Waals surface area contributed by atoms with E-state index in [0.29, 0.717) is 30.8 Å². The van der Waals surface area contributed by atoms with Gasteiger partial charge in [-0.05, 0) is 24.6 Å². The number of hydrogen-bond acceptors (Lipinski definition) is 7. The van der Waals surface area contributed by atoms with Crippen LogP contribution in [0.3, 0.4) is 0 Å². The number of methoxy groups -OCH3 is 1. The lowest BCUT2D eigenvalue weighted by Crippen LogP contribution is -2.07. The quantitative estimate of drug-likeness (QED) is 0.446. The Labute approximate surface area is 184 Å². The zero-order chi connectivity index (χ0) is 22.7. The first kappa shape index (κ1) is 21.1. The number of nitrogens with zero attached hydrogens (tertiary/aromatic N) is 7. The van der Waals surface area contributed by atoms with Gasteiger partial charge >= 0.3 is 0 Å². The van der Waals surface area contributed by atoms with Crippen molar-refractivity contribution in [2.75, 3.05) is 19.5 Å². The van der Waals surface area contributed by atoms with Crippen LogP contribution in [0.1, 0.15) is 16.8 Å². The fraction of sp³-hybridized carbons (Fsp3) is 0.227. The zero-order valence-corrected chi connectivity index (χ0v) is 17.7. The lowest BCUT2D eigenvalue weighted by Gasteiger charge is -2.09. The fourth-order valence-electron chi connectivity index (χ4n) is 3.24. The molecule has 0 aliphatic carbocycles. The summed E-state index contributed by atoms with van der Waals surface area (Å²) in [5.41, 5.74) is 9.01. The van der Waals surface area contributed by atoms with Crippen molar-refractivity contribution in [1.29, 1.82) is 0 Å². The van der Waals surface area contributed by atoms with E-state index in [4.69, 9.17) is 16.9 Å². The van der Waals surface area contributed by atoms with E-state index < -0.39 is 5.82 Å². The first-order chi connectivity index (χ1) is 15.5. The number of halogens is 1. The number of terminal acetylenes is 1. The highest BCUT2D eigenvalue weighted by molar-refractivity contribution is 5.69. The van der Waals surface area contributed by atoms with Gasteiger partial charge in [-0.2, -0.15) is 5.10 Å². The van der Waals surface area contributed by atoms with Crippen molar-refractivity contribution in [3.05, 3.63) is 59.3 Å². The monoisotopic (exact) mass is 432 g/mol. The van der Waals surface area contributed by atoms with Crippen LogP contribution in [0, 0.1) is 25.1 Å². The summed E-state index contributed by atoms with van der Waals surface area (Å²) in [7, 11) is 1.64. The number of aromatic nitrogens is 7. The molecule has 0 spiro atoms. The van der Waals surface area contributed by atoms with Crippen molar-refractivity contribution < 1.29 is 9.13 Å². The second-order valence-corrected chi connectivity index (χ2v) is 7.08. The standard InChI is InChI=1S/C22H21FN8O/c1-4-15-6-5-7-17(14(15)2)22-25-20(19(23)21(24)26-22)18-13-31(29-27-18)12-16-8-9-30(28-16)10-11-32-3/h1,5-9,13H,10-12H2,2-3H3,(H2,24,25,26). The summed E-state index contributed by atoms with van der Waals surface area (Å²) >= 11 is 0. The van der Waals surface area contributed by atoms with Crippen LogP contribution in [0.5, 0.6) is 0 Å². The Kier molecular flexibility index (Phi) is 5.91. The number of hydrogen-bond donors (Lipinski definition) is 1. The largest absolute Gasteiger partial charge is 0.383 e. The molecule has 0 aliphatic rings. The molecule has 3 heterocycles. The molecular formula is C22H21FN8O. The number of nitrogens with two attached hydrogens (primary N) is 1. The molecule has 4 rings (SSSR count). The maximum atomic E-state index is 14.8. The second-order valence-electron chi connectivity index (χ2n) is 7.08. The summed E-state index contributed by atoms with van der Waals surface area (Å²) in [6.45, 7) is 3.43. The van der Waals surface area contributed by atoms with Crippen LogP contribution in [0.2, 0.25) is 0 Å². The van der Waals surface area contributed by atoms with Gasteiger partial charge in [-0.25, -0.2) is 19.0 Å². The first-order valence-electron chi connectivity index (χ1n) is 9.81. The SMILES string of the molecule is C#Cc1cccc(-c2nc(N)c(F)c(-c3cn(Cc4ccn(CCOC)n4)nn3)n2)c1C. The van der Waals surface area contributed by atoms with E-state index in [1.807, 2.05) is 31.3 Å². The first-order valence-corrected chi connectivity index (χ1v) is 9.81. The van der Waals surface area contributed by atoms with E-state index in [0.717, 1.165) is 11.3 Å². The molecule has 162 valence electrons. The minimum absolute atomic E-state index is 0.0325. The van der Waals surface area contributed by atoms with E-state index >= 15 is 0 Å². The maximum absolute atomic E-state index is 14.8. The molecule has 10 heteroatoms. The van der Waals surface area contributed by atoms with Gasteiger partial charge in [-0.3, -0.25) is 4.68 Å². The lowest BCUT2D eigenvalue weighted by atomic mass is 10.0. The van der Waals surface area contributed by atoms with Gasteiger partial charge in [0.1, 0.15) is 11.4 Å². The van der Waals surface area contributed by atoms with Crippen LogP contribution in [0.4, 0.5) is 10.2 Å². The summed E-state index contributed by atoms with van der Waals surface area (Å²) in [5.74, 6) is 1.85. The molecule has 0 bridgehead atoms. The fourth-order valence-corrected chi connectivity index (χ4v) is 3.24. The molecule has 1 aromatic carbocycles. The third-order valence-corrected chi connectivity index (χ3v) is 4.93. The van der Waals surface area contributed by atoms with E-state index in [9.17, 15) is 4.39 Å². The predicted octanol–water partition coefficient (Wildman–Crippen LogP) is 2.30. The van der Waals surface area contributed by atoms with Crippen LogP contribution in [0.15, 0.2) is 36.7 Å². The molecule has 0 radical (unpaired) electrons. The molecule has 0 saturated heterocycles. The predicted molar refractivity (Wildman–Crippen MR) is 117 cm³/mol. The Morgan fingerprint density at radius 3 is 2.84 bits per heavy atom. The molecule has 0 unspecified atom stereocenters. The normalized spacial score (nSPS) is 10.9. The van der Waals surface area contributed by atoms with E-state index in [1.54, 1.807) is 28.7 Å². The summed E-state index contributed by atoms with van der Waals surface area (Å²) in [6, 6.07) is 7.29. The van der Waals surface area contributed by atoms with Crippen LogP contribution in [-0.4, -0.2) is 48.5 Å². The van der Waals surface area contributed by atoms with E-state index in [1.165, 1.54) is 0 Å². The van der Waals surface area contributed by atoms with Gasteiger partial charge < -0.3 is 10.5 Å². The van der Waals surface area contributed by atoms with Crippen molar-refractivity contribution in [2.45, 2.75) is 20.0 Å². The Balaban J connectivity index is 1.64. The van der Waals surface area contributed by atoms with Gasteiger partial charge in [0.2, 0.25) is 0 Å². The molecular weight excluding hydrogens is 411 g/mol. The maximum Gasteiger partial charge on any atom is 0.193 e. The highest BCUT2D eigenvalue weighted by Gasteiger charge is 2.19. The molecule has 3 aromatic heterocycles. The number of rotatable bonds is 7. The van der Waals surface area contributed by atoms with Gasteiger partial charge in [-0.15, -0.1) is 11.5 Å². The minimum atomic E-state index is -0.754. The third kappa shape index (κ3) is 4.19. The summed E-state index contributed by atoms with van der Waals surface area (Å²) < 4.78 is 23.2. The smallest absolute Gasteiger partial charge is 0.193 e. The molecule has 0 amide bonds. The number of anilines is 1. The van der Waals surface area contributed by atoms with Crippen LogP contribution in [0.25, 0.3) is 22.8 Å². The van der Waals surface area contributed by atoms with Crippen LogP contribution in [-0.2, 0) is 17.8 Å². The van der Waals surface area contributed by atoms with Crippen molar-refractivity contribution in [3.63, 3.8) is 0 Å². The highest BCUT2D eigenvalue weighted by Crippen LogP contribution is 2.28. The van der Waals surface area contributed by atoms with Crippen molar-refractivity contribution in [2.24, 2.45) is 0 Å². The molecule has 4 aromatic rings. The van der Waals surface area contributed by atoms with Crippen LogP contribution < -0.4 is 5.73 Å². The topological polar surface area (TPSA) is 110 Å². The van der Waals surface area contributed by atoms with Crippen molar-refractivity contribution >= 4 is 5.82 Å². The van der Waals surface area contributed by atoms with Gasteiger partial charge in [0.05, 0.1) is 31.6 Å². The Hall–Kier alpha value is -4.10.